The molecule has 0 bridgehead atoms. The van der Waals surface area contributed by atoms with Crippen molar-refractivity contribution in [2.75, 3.05) is 30.0 Å². The van der Waals surface area contributed by atoms with E-state index in [1.165, 1.54) is 0 Å². The highest BCUT2D eigenvalue weighted by atomic mass is 16.1. The molecule has 1 heterocycles. The number of amides is 1. The fourth-order valence-corrected chi connectivity index (χ4v) is 1.64. The Morgan fingerprint density at radius 1 is 1.42 bits per heavy atom. The summed E-state index contributed by atoms with van der Waals surface area (Å²) in [4.78, 5) is 14.0. The van der Waals surface area contributed by atoms with Gasteiger partial charge in [0.25, 0.3) is 5.91 Å². The number of carbonyl (C=O) groups is 1. The van der Waals surface area contributed by atoms with Crippen molar-refractivity contribution < 1.29 is 4.79 Å². The predicted molar refractivity (Wildman–Crippen MR) is 76.5 cm³/mol. The topological polar surface area (TPSA) is 87.0 Å². The number of hydrogen-bond acceptors (Lipinski definition) is 4. The van der Waals surface area contributed by atoms with Crippen molar-refractivity contribution in [1.29, 1.82) is 0 Å². The number of nitrogens with two attached hydrogens (primary N) is 1. The van der Waals surface area contributed by atoms with E-state index in [1.807, 2.05) is 37.2 Å². The minimum atomic E-state index is -0.234. The van der Waals surface area contributed by atoms with Gasteiger partial charge >= 0.3 is 0 Å². The molecule has 0 spiro atoms. The van der Waals surface area contributed by atoms with Gasteiger partial charge in [0.15, 0.2) is 5.82 Å². The Labute approximate surface area is 111 Å². The maximum atomic E-state index is 12.1. The number of aryl methyl sites for hydroxylation is 1. The van der Waals surface area contributed by atoms with Gasteiger partial charge in [0, 0.05) is 25.3 Å². The fourth-order valence-electron chi connectivity index (χ4n) is 1.64. The highest BCUT2D eigenvalue weighted by Crippen LogP contribution is 2.20. The van der Waals surface area contributed by atoms with E-state index < -0.39 is 0 Å². The van der Waals surface area contributed by atoms with Crippen LogP contribution in [0, 0.1) is 6.92 Å². The second-order valence-corrected chi connectivity index (χ2v) is 4.51. The lowest BCUT2D eigenvalue weighted by Gasteiger charge is -2.13. The molecule has 0 aliphatic heterocycles. The Bertz CT molecular complexity index is 603. The summed E-state index contributed by atoms with van der Waals surface area (Å²) < 4.78 is 0. The molecule has 6 nitrogen and oxygen atoms in total. The van der Waals surface area contributed by atoms with Crippen LogP contribution in [0.3, 0.4) is 0 Å². The van der Waals surface area contributed by atoms with Crippen LogP contribution < -0.4 is 16.0 Å². The Hall–Kier alpha value is -2.50. The van der Waals surface area contributed by atoms with E-state index >= 15 is 0 Å². The predicted octanol–water partition coefficient (Wildman–Crippen LogP) is 1.62. The summed E-state index contributed by atoms with van der Waals surface area (Å²) in [6, 6.07) is 7.33. The zero-order valence-electron chi connectivity index (χ0n) is 11.2. The van der Waals surface area contributed by atoms with Gasteiger partial charge in [-0.25, -0.2) is 0 Å². The second kappa shape index (κ2) is 5.01. The van der Waals surface area contributed by atoms with E-state index in [9.17, 15) is 4.79 Å². The third kappa shape index (κ3) is 2.67. The summed E-state index contributed by atoms with van der Waals surface area (Å²) >= 11 is 0. The van der Waals surface area contributed by atoms with Crippen LogP contribution >= 0.6 is 0 Å². The number of H-pyrrole nitrogens is 1. The number of nitrogens with one attached hydrogen (secondary N) is 2. The number of anilines is 3. The van der Waals surface area contributed by atoms with E-state index in [1.54, 1.807) is 13.0 Å². The summed E-state index contributed by atoms with van der Waals surface area (Å²) in [6.07, 6.45) is 0. The molecule has 0 radical (unpaired) electrons. The van der Waals surface area contributed by atoms with Crippen molar-refractivity contribution in [3.05, 3.63) is 35.5 Å². The molecule has 1 amide bonds. The Morgan fingerprint density at radius 3 is 2.74 bits per heavy atom. The molecule has 2 rings (SSSR count). The molecule has 0 aliphatic carbocycles. The maximum Gasteiger partial charge on any atom is 0.256 e. The van der Waals surface area contributed by atoms with Crippen molar-refractivity contribution in [3.63, 3.8) is 0 Å². The molecule has 0 aliphatic rings. The van der Waals surface area contributed by atoms with Gasteiger partial charge in [0.1, 0.15) is 0 Å². The first-order valence-electron chi connectivity index (χ1n) is 5.88. The highest BCUT2D eigenvalue weighted by molar-refractivity contribution is 6.05. The third-order valence-electron chi connectivity index (χ3n) is 2.85. The van der Waals surface area contributed by atoms with Gasteiger partial charge in [-0.1, -0.05) is 6.07 Å². The first-order valence-corrected chi connectivity index (χ1v) is 5.88. The van der Waals surface area contributed by atoms with Gasteiger partial charge in [-0.2, -0.15) is 5.10 Å². The van der Waals surface area contributed by atoms with E-state index in [-0.39, 0.29) is 5.91 Å². The number of nitrogen functional groups attached to an aromatic ring is 1. The van der Waals surface area contributed by atoms with Gasteiger partial charge in [-0.3, -0.25) is 9.89 Å². The van der Waals surface area contributed by atoms with Crippen molar-refractivity contribution >= 4 is 23.1 Å². The van der Waals surface area contributed by atoms with Crippen LogP contribution in [-0.2, 0) is 0 Å². The van der Waals surface area contributed by atoms with Crippen LogP contribution in [0.15, 0.2) is 24.3 Å². The number of hydrogen-bond donors (Lipinski definition) is 3. The summed E-state index contributed by atoms with van der Waals surface area (Å²) in [5, 5.41) is 9.36. The Balaban J connectivity index is 2.20. The molecule has 0 saturated heterocycles. The molecular formula is C13H17N5O. The molecule has 0 atom stereocenters. The normalized spacial score (nSPS) is 10.3. The molecule has 19 heavy (non-hydrogen) atoms. The van der Waals surface area contributed by atoms with Crippen molar-refractivity contribution in [1.82, 2.24) is 10.2 Å². The lowest BCUT2D eigenvalue weighted by molar-refractivity contribution is 0.102. The van der Waals surface area contributed by atoms with Crippen LogP contribution in [-0.4, -0.2) is 30.2 Å². The zero-order chi connectivity index (χ0) is 14.0. The average molecular weight is 259 g/mol. The van der Waals surface area contributed by atoms with Gasteiger partial charge in [-0.05, 0) is 25.1 Å². The first-order chi connectivity index (χ1) is 8.99. The van der Waals surface area contributed by atoms with Crippen molar-refractivity contribution in [2.45, 2.75) is 6.92 Å². The Kier molecular flexibility index (Phi) is 3.41. The van der Waals surface area contributed by atoms with Crippen LogP contribution in [0.1, 0.15) is 16.1 Å². The number of benzene rings is 1. The average Bonchev–Trinajstić information content (AvgIpc) is 2.71. The van der Waals surface area contributed by atoms with Gasteiger partial charge in [-0.15, -0.1) is 0 Å². The van der Waals surface area contributed by atoms with Gasteiger partial charge in [0.2, 0.25) is 0 Å². The lowest BCUT2D eigenvalue weighted by Crippen LogP contribution is -2.15. The quantitative estimate of drug-likeness (QED) is 0.781. The molecule has 0 saturated carbocycles. The summed E-state index contributed by atoms with van der Waals surface area (Å²) in [5.41, 5.74) is 8.50. The zero-order valence-corrected chi connectivity index (χ0v) is 11.2. The summed E-state index contributed by atoms with van der Waals surface area (Å²) in [7, 11) is 3.85. The van der Waals surface area contributed by atoms with Crippen LogP contribution in [0.25, 0.3) is 0 Å². The number of carbonyl (C=O) groups excluding carboxylic acids is 1. The largest absolute Gasteiger partial charge is 0.394 e. The lowest BCUT2D eigenvalue weighted by atomic mass is 10.2. The van der Waals surface area contributed by atoms with Crippen molar-refractivity contribution in [3.8, 4) is 0 Å². The molecule has 2 aromatic rings. The molecule has 1 aromatic heterocycles. The maximum absolute atomic E-state index is 12.1. The molecule has 100 valence electrons. The minimum absolute atomic E-state index is 0.234. The van der Waals surface area contributed by atoms with Crippen LogP contribution in [0.5, 0.6) is 0 Å². The van der Waals surface area contributed by atoms with Crippen molar-refractivity contribution in [2.24, 2.45) is 0 Å². The molecular weight excluding hydrogens is 242 g/mol. The fraction of sp³-hybridized carbons (Fsp3) is 0.231. The number of aromatic amines is 1. The highest BCUT2D eigenvalue weighted by Gasteiger charge is 2.12. The number of rotatable bonds is 3. The molecule has 0 unspecified atom stereocenters. The Morgan fingerprint density at radius 2 is 2.16 bits per heavy atom. The smallest absolute Gasteiger partial charge is 0.256 e. The van der Waals surface area contributed by atoms with E-state index in [2.05, 4.69) is 15.5 Å². The summed E-state index contributed by atoms with van der Waals surface area (Å²) in [6.45, 7) is 1.80. The third-order valence-corrected chi connectivity index (χ3v) is 2.85. The standard InChI is InChI=1S/C13H17N5O/c1-8-11(14)12(17-16-8)15-13(19)9-5-4-6-10(7-9)18(2)3/h4-7H,14H2,1-3H3,(H2,15,16,17,19). The molecule has 1 aromatic carbocycles. The van der Waals surface area contributed by atoms with Crippen LogP contribution in [0.4, 0.5) is 17.2 Å². The second-order valence-electron chi connectivity index (χ2n) is 4.51. The SMILES string of the molecule is Cc1[nH]nc(NC(=O)c2cccc(N(C)C)c2)c1N. The van der Waals surface area contributed by atoms with E-state index in [0.717, 1.165) is 11.4 Å². The summed E-state index contributed by atoms with van der Waals surface area (Å²) in [5.74, 6) is 0.125. The minimum Gasteiger partial charge on any atom is -0.394 e. The van der Waals surface area contributed by atoms with Crippen LogP contribution in [0.2, 0.25) is 0 Å². The molecule has 6 heteroatoms. The van der Waals surface area contributed by atoms with E-state index in [0.29, 0.717) is 17.1 Å². The number of nitrogens with zero attached hydrogens (tertiary/aromatic N) is 2. The monoisotopic (exact) mass is 259 g/mol. The molecule has 0 fully saturated rings. The molecule has 4 N–H and O–H groups in total. The first kappa shape index (κ1) is 12.9. The number of aromatic nitrogens is 2. The van der Waals surface area contributed by atoms with Gasteiger partial charge in [0.05, 0.1) is 11.4 Å². The van der Waals surface area contributed by atoms with E-state index in [4.69, 9.17) is 5.73 Å². The van der Waals surface area contributed by atoms with Gasteiger partial charge < -0.3 is 16.0 Å².